The zero-order valence-electron chi connectivity index (χ0n) is 18.2. The molecule has 31 heavy (non-hydrogen) atoms. The Morgan fingerprint density at radius 3 is 2.45 bits per heavy atom. The zero-order chi connectivity index (χ0) is 22.5. The summed E-state index contributed by atoms with van der Waals surface area (Å²) in [6.45, 7) is 10.7. The average molecular weight is 425 g/mol. The highest BCUT2D eigenvalue weighted by Crippen LogP contribution is 2.37. The van der Waals surface area contributed by atoms with Gasteiger partial charge in [-0.25, -0.2) is 23.7 Å². The summed E-state index contributed by atoms with van der Waals surface area (Å²) in [5, 5.41) is 0. The van der Waals surface area contributed by atoms with E-state index >= 15 is 0 Å². The minimum absolute atomic E-state index is 0.146. The Kier molecular flexibility index (Phi) is 5.03. The number of aromatic nitrogens is 4. The van der Waals surface area contributed by atoms with E-state index in [1.54, 1.807) is 12.1 Å². The van der Waals surface area contributed by atoms with Gasteiger partial charge in [-0.1, -0.05) is 34.6 Å². The van der Waals surface area contributed by atoms with Gasteiger partial charge in [-0.3, -0.25) is 4.57 Å². The van der Waals surface area contributed by atoms with Gasteiger partial charge in [0.1, 0.15) is 28.5 Å². The van der Waals surface area contributed by atoms with Crippen molar-refractivity contribution >= 4 is 17.1 Å². The molecule has 3 heterocycles. The van der Waals surface area contributed by atoms with Crippen LogP contribution < -0.4 is 5.73 Å². The van der Waals surface area contributed by atoms with Crippen LogP contribution in [0.4, 0.5) is 14.7 Å². The summed E-state index contributed by atoms with van der Waals surface area (Å²) in [5.41, 5.74) is 7.84. The largest absolute Gasteiger partial charge is 0.438 e. The van der Waals surface area contributed by atoms with Crippen LogP contribution in [0.3, 0.4) is 0 Å². The highest BCUT2D eigenvalue weighted by Gasteiger charge is 2.27. The molecule has 4 rings (SSSR count). The van der Waals surface area contributed by atoms with E-state index < -0.39 is 17.0 Å². The van der Waals surface area contributed by atoms with Crippen LogP contribution in [0.2, 0.25) is 0 Å². The van der Waals surface area contributed by atoms with Gasteiger partial charge in [0.25, 0.3) is 0 Å². The van der Waals surface area contributed by atoms with Crippen molar-refractivity contribution in [2.24, 2.45) is 5.92 Å². The van der Waals surface area contributed by atoms with Gasteiger partial charge in [-0.05, 0) is 30.2 Å². The summed E-state index contributed by atoms with van der Waals surface area (Å²) in [5.74, 6) is 0.0876. The number of hydrogen-bond acceptors (Lipinski definition) is 5. The molecule has 6 nitrogen and oxygen atoms in total. The first-order chi connectivity index (χ1) is 14.5. The van der Waals surface area contributed by atoms with E-state index in [1.165, 1.54) is 12.1 Å². The fraction of sp³-hybridized carbons (Fsp3) is 0.348. The second kappa shape index (κ2) is 7.44. The lowest BCUT2D eigenvalue weighted by Gasteiger charge is -2.12. The Bertz CT molecular complexity index is 1270. The fourth-order valence-corrected chi connectivity index (χ4v) is 3.37. The molecule has 0 bridgehead atoms. The summed E-state index contributed by atoms with van der Waals surface area (Å²) in [7, 11) is 0. The molecule has 0 amide bonds. The van der Waals surface area contributed by atoms with Crippen LogP contribution in [-0.2, 0) is 12.0 Å². The molecule has 0 fully saturated rings. The molecule has 0 aliphatic heterocycles. The number of hydrogen-bond donors (Lipinski definition) is 1. The van der Waals surface area contributed by atoms with Gasteiger partial charge in [-0.15, -0.1) is 0 Å². The number of benzene rings is 1. The van der Waals surface area contributed by atoms with E-state index in [0.717, 1.165) is 6.07 Å². The van der Waals surface area contributed by atoms with Gasteiger partial charge >= 0.3 is 0 Å². The van der Waals surface area contributed by atoms with Crippen LogP contribution >= 0.6 is 0 Å². The number of imidazole rings is 1. The SMILES string of the molecule is CC(C)Cn1c(N)nc2ccc(-c3oc(C(C)(C)C)nc3-c3ccc(F)cc3F)nc21. The molecule has 0 saturated heterocycles. The number of pyridine rings is 1. The van der Waals surface area contributed by atoms with Crippen molar-refractivity contribution in [3.8, 4) is 22.7 Å². The van der Waals surface area contributed by atoms with Crippen molar-refractivity contribution in [3.63, 3.8) is 0 Å². The number of nitrogen functional groups attached to an aromatic ring is 1. The van der Waals surface area contributed by atoms with E-state index in [1.807, 2.05) is 25.3 Å². The molecule has 0 saturated carbocycles. The maximum absolute atomic E-state index is 14.6. The van der Waals surface area contributed by atoms with E-state index in [4.69, 9.17) is 15.1 Å². The molecule has 0 radical (unpaired) electrons. The average Bonchev–Trinajstić information content (AvgIpc) is 3.23. The lowest BCUT2D eigenvalue weighted by molar-refractivity contribution is 0.398. The van der Waals surface area contributed by atoms with Crippen molar-refractivity contribution < 1.29 is 13.2 Å². The third-order valence-electron chi connectivity index (χ3n) is 4.86. The number of oxazole rings is 1. The normalized spacial score (nSPS) is 12.3. The fourth-order valence-electron chi connectivity index (χ4n) is 3.37. The van der Waals surface area contributed by atoms with Crippen LogP contribution in [0.5, 0.6) is 0 Å². The Morgan fingerprint density at radius 1 is 1.06 bits per heavy atom. The Hall–Kier alpha value is -3.29. The van der Waals surface area contributed by atoms with Gasteiger partial charge in [0, 0.05) is 23.6 Å². The summed E-state index contributed by atoms with van der Waals surface area (Å²) < 4.78 is 36.1. The number of fused-ring (bicyclic) bond motifs is 1. The molecule has 2 N–H and O–H groups in total. The van der Waals surface area contributed by atoms with E-state index in [9.17, 15) is 8.78 Å². The molecular formula is C23H25F2N5O. The summed E-state index contributed by atoms with van der Waals surface area (Å²) in [4.78, 5) is 13.7. The van der Waals surface area contributed by atoms with Gasteiger partial charge in [-0.2, -0.15) is 0 Å². The second-order valence-corrected chi connectivity index (χ2v) is 9.08. The number of nitrogens with two attached hydrogens (primary N) is 1. The molecule has 0 unspecified atom stereocenters. The smallest absolute Gasteiger partial charge is 0.202 e. The molecular weight excluding hydrogens is 400 g/mol. The molecule has 8 heteroatoms. The zero-order valence-corrected chi connectivity index (χ0v) is 18.2. The van der Waals surface area contributed by atoms with E-state index in [0.29, 0.717) is 46.9 Å². The standard InChI is InChI=1S/C23H25F2N5O/c1-12(2)11-30-20-17(28-22(30)26)9-8-16(27-20)19-18(29-21(31-19)23(3,4)5)14-7-6-13(24)10-15(14)25/h6-10,12H,11H2,1-5H3,(H2,26,28). The molecule has 0 atom stereocenters. The minimum Gasteiger partial charge on any atom is -0.438 e. The quantitative estimate of drug-likeness (QED) is 0.462. The molecule has 0 spiro atoms. The van der Waals surface area contributed by atoms with Crippen molar-refractivity contribution in [3.05, 3.63) is 47.9 Å². The number of nitrogens with zero attached hydrogens (tertiary/aromatic N) is 4. The molecule has 1 aromatic carbocycles. The maximum Gasteiger partial charge on any atom is 0.202 e. The Morgan fingerprint density at radius 2 is 1.81 bits per heavy atom. The molecule has 4 aromatic rings. The van der Waals surface area contributed by atoms with Crippen LogP contribution in [-0.4, -0.2) is 19.5 Å². The molecule has 3 aromatic heterocycles. The lowest BCUT2D eigenvalue weighted by atomic mass is 9.97. The summed E-state index contributed by atoms with van der Waals surface area (Å²) >= 11 is 0. The van der Waals surface area contributed by atoms with Crippen LogP contribution in [0.15, 0.2) is 34.7 Å². The lowest BCUT2D eigenvalue weighted by Crippen LogP contribution is -2.11. The Labute approximate surface area is 179 Å². The van der Waals surface area contributed by atoms with E-state index in [2.05, 4.69) is 23.8 Å². The number of halogens is 2. The third kappa shape index (κ3) is 3.89. The highest BCUT2D eigenvalue weighted by atomic mass is 19.1. The third-order valence-corrected chi connectivity index (χ3v) is 4.86. The van der Waals surface area contributed by atoms with Gasteiger partial charge in [0.05, 0.1) is 0 Å². The van der Waals surface area contributed by atoms with Gasteiger partial charge in [0.15, 0.2) is 11.4 Å². The van der Waals surface area contributed by atoms with Crippen molar-refractivity contribution in [2.45, 2.75) is 46.6 Å². The van der Waals surface area contributed by atoms with Crippen LogP contribution in [0, 0.1) is 17.6 Å². The van der Waals surface area contributed by atoms with Gasteiger partial charge in [0.2, 0.25) is 11.8 Å². The van der Waals surface area contributed by atoms with Crippen molar-refractivity contribution in [1.82, 2.24) is 19.5 Å². The first kappa shape index (κ1) is 21.0. The van der Waals surface area contributed by atoms with Crippen LogP contribution in [0.1, 0.15) is 40.5 Å². The second-order valence-electron chi connectivity index (χ2n) is 9.08. The molecule has 162 valence electrons. The summed E-state index contributed by atoms with van der Waals surface area (Å²) in [6.07, 6.45) is 0. The minimum atomic E-state index is -0.717. The Balaban J connectivity index is 1.94. The van der Waals surface area contributed by atoms with Gasteiger partial charge < -0.3 is 10.2 Å². The first-order valence-electron chi connectivity index (χ1n) is 10.1. The molecule has 0 aliphatic rings. The predicted octanol–water partition coefficient (Wildman–Crippen LogP) is 5.57. The highest BCUT2D eigenvalue weighted by molar-refractivity contribution is 5.81. The number of rotatable bonds is 4. The maximum atomic E-state index is 14.6. The number of anilines is 1. The van der Waals surface area contributed by atoms with Crippen molar-refractivity contribution in [1.29, 1.82) is 0 Å². The van der Waals surface area contributed by atoms with Crippen LogP contribution in [0.25, 0.3) is 33.9 Å². The summed E-state index contributed by atoms with van der Waals surface area (Å²) in [6, 6.07) is 6.93. The van der Waals surface area contributed by atoms with Crippen molar-refractivity contribution in [2.75, 3.05) is 5.73 Å². The van der Waals surface area contributed by atoms with E-state index in [-0.39, 0.29) is 11.3 Å². The monoisotopic (exact) mass is 425 g/mol. The predicted molar refractivity (Wildman–Crippen MR) is 116 cm³/mol. The molecule has 0 aliphatic carbocycles. The first-order valence-corrected chi connectivity index (χ1v) is 10.1. The topological polar surface area (TPSA) is 82.8 Å².